The number of hydrogen-bond donors (Lipinski definition) is 1. The van der Waals surface area contributed by atoms with Crippen LogP contribution in [0.25, 0.3) is 11.1 Å². The summed E-state index contributed by atoms with van der Waals surface area (Å²) < 4.78 is 11.8. The summed E-state index contributed by atoms with van der Waals surface area (Å²) in [6.07, 6.45) is 0. The molecular formula is C17H20BrNO2. The van der Waals surface area contributed by atoms with Gasteiger partial charge in [0.25, 0.3) is 0 Å². The van der Waals surface area contributed by atoms with E-state index >= 15 is 0 Å². The van der Waals surface area contributed by atoms with Gasteiger partial charge in [-0.2, -0.15) is 0 Å². The van der Waals surface area contributed by atoms with Crippen LogP contribution in [0.4, 0.5) is 0 Å². The van der Waals surface area contributed by atoms with E-state index in [0.717, 1.165) is 28.1 Å². The smallest absolute Gasteiger partial charge is 0.144 e. The lowest BCUT2D eigenvalue weighted by Gasteiger charge is -2.17. The molecule has 4 heteroatoms. The molecule has 0 radical (unpaired) electrons. The molecule has 0 saturated carbocycles. The standard InChI is InChI=1S/C17H20BrNO2/c1-11-5-6-12(10-19-2)14(9-11)13-7-8-15(20-3)16(18)17(13)21-4/h5-9,19H,10H2,1-4H3. The van der Waals surface area contributed by atoms with Crippen LogP contribution in [0.3, 0.4) is 0 Å². The Morgan fingerprint density at radius 1 is 1.05 bits per heavy atom. The van der Waals surface area contributed by atoms with Crippen LogP contribution in [-0.2, 0) is 6.54 Å². The monoisotopic (exact) mass is 349 g/mol. The van der Waals surface area contributed by atoms with E-state index in [1.165, 1.54) is 16.7 Å². The Balaban J connectivity index is 2.66. The van der Waals surface area contributed by atoms with E-state index in [0.29, 0.717) is 0 Å². The van der Waals surface area contributed by atoms with Crippen molar-refractivity contribution in [2.75, 3.05) is 21.3 Å². The Kier molecular flexibility index (Phi) is 5.26. The average molecular weight is 350 g/mol. The van der Waals surface area contributed by atoms with Crippen molar-refractivity contribution in [3.05, 3.63) is 45.9 Å². The van der Waals surface area contributed by atoms with E-state index in [4.69, 9.17) is 9.47 Å². The highest BCUT2D eigenvalue weighted by atomic mass is 79.9. The van der Waals surface area contributed by atoms with Crippen molar-refractivity contribution < 1.29 is 9.47 Å². The Hall–Kier alpha value is -1.52. The summed E-state index contributed by atoms with van der Waals surface area (Å²) in [6, 6.07) is 10.5. The van der Waals surface area contributed by atoms with Gasteiger partial charge in [-0.15, -0.1) is 0 Å². The molecule has 21 heavy (non-hydrogen) atoms. The SMILES string of the molecule is CNCc1ccc(C)cc1-c1ccc(OC)c(Br)c1OC. The Morgan fingerprint density at radius 3 is 2.43 bits per heavy atom. The lowest BCUT2D eigenvalue weighted by Crippen LogP contribution is -2.07. The van der Waals surface area contributed by atoms with Gasteiger partial charge in [-0.05, 0) is 53.2 Å². The first-order valence-electron chi connectivity index (χ1n) is 6.77. The van der Waals surface area contributed by atoms with Crippen LogP contribution in [0.15, 0.2) is 34.8 Å². The van der Waals surface area contributed by atoms with Gasteiger partial charge in [0.05, 0.1) is 14.2 Å². The minimum Gasteiger partial charge on any atom is -0.495 e. The third-order valence-electron chi connectivity index (χ3n) is 3.41. The highest BCUT2D eigenvalue weighted by Gasteiger charge is 2.16. The number of aryl methyl sites for hydroxylation is 1. The maximum absolute atomic E-state index is 5.60. The number of halogens is 1. The van der Waals surface area contributed by atoms with E-state index in [-0.39, 0.29) is 0 Å². The zero-order valence-electron chi connectivity index (χ0n) is 12.8. The molecule has 112 valence electrons. The highest BCUT2D eigenvalue weighted by molar-refractivity contribution is 9.10. The highest BCUT2D eigenvalue weighted by Crippen LogP contribution is 2.43. The molecule has 0 aliphatic rings. The molecule has 2 aromatic carbocycles. The van der Waals surface area contributed by atoms with Crippen LogP contribution < -0.4 is 14.8 Å². The molecule has 0 amide bonds. The van der Waals surface area contributed by atoms with Crippen LogP contribution in [0.5, 0.6) is 11.5 Å². The second-order valence-electron chi connectivity index (χ2n) is 4.85. The van der Waals surface area contributed by atoms with E-state index in [2.05, 4.69) is 46.4 Å². The largest absolute Gasteiger partial charge is 0.495 e. The van der Waals surface area contributed by atoms with Gasteiger partial charge in [-0.25, -0.2) is 0 Å². The minimum absolute atomic E-state index is 0.762. The van der Waals surface area contributed by atoms with Gasteiger partial charge in [-0.1, -0.05) is 23.8 Å². The molecular weight excluding hydrogens is 330 g/mol. The van der Waals surface area contributed by atoms with Gasteiger partial charge in [0.15, 0.2) is 0 Å². The molecule has 0 aromatic heterocycles. The molecule has 0 bridgehead atoms. The van der Waals surface area contributed by atoms with Crippen molar-refractivity contribution in [3.8, 4) is 22.6 Å². The van der Waals surface area contributed by atoms with Crippen molar-refractivity contribution in [2.24, 2.45) is 0 Å². The van der Waals surface area contributed by atoms with Crippen LogP contribution >= 0.6 is 15.9 Å². The molecule has 0 aliphatic heterocycles. The maximum atomic E-state index is 5.60. The summed E-state index contributed by atoms with van der Waals surface area (Å²) in [5, 5.41) is 3.21. The first-order chi connectivity index (χ1) is 10.1. The molecule has 2 aromatic rings. The number of methoxy groups -OCH3 is 2. The first kappa shape index (κ1) is 15.9. The second-order valence-corrected chi connectivity index (χ2v) is 5.65. The van der Waals surface area contributed by atoms with Gasteiger partial charge < -0.3 is 14.8 Å². The zero-order valence-corrected chi connectivity index (χ0v) is 14.4. The molecule has 2 rings (SSSR count). The molecule has 1 N–H and O–H groups in total. The summed E-state index contributed by atoms with van der Waals surface area (Å²) in [7, 11) is 5.28. The topological polar surface area (TPSA) is 30.5 Å². The van der Waals surface area contributed by atoms with Crippen molar-refractivity contribution in [2.45, 2.75) is 13.5 Å². The Morgan fingerprint density at radius 2 is 1.81 bits per heavy atom. The summed E-state index contributed by atoms with van der Waals surface area (Å²) in [5.41, 5.74) is 4.68. The lowest BCUT2D eigenvalue weighted by atomic mass is 9.96. The Bertz CT molecular complexity index is 641. The van der Waals surface area contributed by atoms with E-state index in [1.807, 2.05) is 19.2 Å². The quantitative estimate of drug-likeness (QED) is 0.878. The van der Waals surface area contributed by atoms with Crippen molar-refractivity contribution >= 4 is 15.9 Å². The van der Waals surface area contributed by atoms with Crippen molar-refractivity contribution in [1.29, 1.82) is 0 Å². The predicted molar refractivity (Wildman–Crippen MR) is 90.2 cm³/mol. The number of nitrogens with one attached hydrogen (secondary N) is 1. The normalized spacial score (nSPS) is 10.5. The molecule has 0 fully saturated rings. The molecule has 0 heterocycles. The summed E-state index contributed by atoms with van der Waals surface area (Å²) >= 11 is 3.57. The van der Waals surface area contributed by atoms with Crippen molar-refractivity contribution in [1.82, 2.24) is 5.32 Å². The maximum Gasteiger partial charge on any atom is 0.144 e. The fraction of sp³-hybridized carbons (Fsp3) is 0.294. The number of benzene rings is 2. The fourth-order valence-electron chi connectivity index (χ4n) is 2.39. The lowest BCUT2D eigenvalue weighted by molar-refractivity contribution is 0.390. The fourth-order valence-corrected chi connectivity index (χ4v) is 3.06. The van der Waals surface area contributed by atoms with Gasteiger partial charge in [0, 0.05) is 12.1 Å². The Labute approximate surface area is 134 Å². The molecule has 0 spiro atoms. The second kappa shape index (κ2) is 6.96. The van der Waals surface area contributed by atoms with Gasteiger partial charge in [0.2, 0.25) is 0 Å². The number of rotatable bonds is 5. The molecule has 0 aliphatic carbocycles. The summed E-state index contributed by atoms with van der Waals surface area (Å²) in [5.74, 6) is 1.55. The van der Waals surface area contributed by atoms with E-state index < -0.39 is 0 Å². The van der Waals surface area contributed by atoms with Gasteiger partial charge in [0.1, 0.15) is 16.0 Å². The third-order valence-corrected chi connectivity index (χ3v) is 4.16. The van der Waals surface area contributed by atoms with Crippen LogP contribution in [-0.4, -0.2) is 21.3 Å². The van der Waals surface area contributed by atoms with Crippen molar-refractivity contribution in [3.63, 3.8) is 0 Å². The molecule has 0 unspecified atom stereocenters. The van der Waals surface area contributed by atoms with E-state index in [1.54, 1.807) is 14.2 Å². The first-order valence-corrected chi connectivity index (χ1v) is 7.56. The summed E-state index contributed by atoms with van der Waals surface area (Å²) in [4.78, 5) is 0. The molecule has 0 saturated heterocycles. The summed E-state index contributed by atoms with van der Waals surface area (Å²) in [6.45, 7) is 2.90. The van der Waals surface area contributed by atoms with Gasteiger partial charge in [-0.3, -0.25) is 0 Å². The average Bonchev–Trinajstić information content (AvgIpc) is 2.49. The molecule has 3 nitrogen and oxygen atoms in total. The number of hydrogen-bond acceptors (Lipinski definition) is 3. The molecule has 0 atom stereocenters. The van der Waals surface area contributed by atoms with E-state index in [9.17, 15) is 0 Å². The predicted octanol–water partition coefficient (Wildman–Crippen LogP) is 4.16. The van der Waals surface area contributed by atoms with Crippen LogP contribution in [0, 0.1) is 6.92 Å². The minimum atomic E-state index is 0.762. The number of ether oxygens (including phenoxy) is 2. The van der Waals surface area contributed by atoms with Gasteiger partial charge >= 0.3 is 0 Å². The zero-order chi connectivity index (χ0) is 15.4. The van der Waals surface area contributed by atoms with Crippen LogP contribution in [0.2, 0.25) is 0 Å². The van der Waals surface area contributed by atoms with Crippen LogP contribution in [0.1, 0.15) is 11.1 Å². The third kappa shape index (κ3) is 3.22.